The van der Waals surface area contributed by atoms with E-state index in [1.807, 2.05) is 35.7 Å². The predicted molar refractivity (Wildman–Crippen MR) is 132 cm³/mol. The van der Waals surface area contributed by atoms with E-state index in [9.17, 15) is 14.7 Å². The Morgan fingerprint density at radius 3 is 2.44 bits per heavy atom. The number of aliphatic hydroxyl groups excluding tert-OH is 1. The second-order valence-electron chi connectivity index (χ2n) is 8.48. The van der Waals surface area contributed by atoms with Crippen LogP contribution in [0.2, 0.25) is 0 Å². The summed E-state index contributed by atoms with van der Waals surface area (Å²) < 4.78 is 11.3. The molecule has 2 heterocycles. The molecule has 6 nitrogen and oxygen atoms in total. The van der Waals surface area contributed by atoms with Crippen LogP contribution in [0.3, 0.4) is 0 Å². The molecule has 1 aliphatic heterocycles. The van der Waals surface area contributed by atoms with Crippen molar-refractivity contribution in [2.45, 2.75) is 26.4 Å². The number of nitrogens with zero attached hydrogens (tertiary/aromatic N) is 1. The number of hydrogen-bond acceptors (Lipinski definition) is 6. The summed E-state index contributed by atoms with van der Waals surface area (Å²) in [6.45, 7) is 4.96. The number of methoxy groups -OCH3 is 1. The van der Waals surface area contributed by atoms with Gasteiger partial charge in [-0.1, -0.05) is 38.1 Å². The Bertz CT molecular complexity index is 1200. The fraction of sp³-hybridized carbons (Fsp3) is 0.259. The van der Waals surface area contributed by atoms with Gasteiger partial charge in [-0.25, -0.2) is 0 Å². The molecule has 1 aliphatic rings. The monoisotopic (exact) mass is 477 g/mol. The number of aliphatic hydroxyl groups is 1. The van der Waals surface area contributed by atoms with Crippen LogP contribution >= 0.6 is 11.3 Å². The number of carbonyl (C=O) groups excluding carboxylic acids is 2. The lowest BCUT2D eigenvalue weighted by Crippen LogP contribution is -2.29. The number of ketones is 1. The van der Waals surface area contributed by atoms with Crippen molar-refractivity contribution >= 4 is 28.8 Å². The quantitative estimate of drug-likeness (QED) is 0.267. The van der Waals surface area contributed by atoms with Gasteiger partial charge in [0.25, 0.3) is 11.7 Å². The number of benzene rings is 2. The standard InChI is InChI=1S/C27H27NO5S/c1-17(2)16-33-19-12-10-18(11-13-19)25(29)23-24(21-8-4-5-9-22(21)32-3)28(27(31)26(23)30)15-20-7-6-14-34-20/h4-14,17,24,29H,15-16H2,1-3H3/b25-23-. The summed E-state index contributed by atoms with van der Waals surface area (Å²) in [5, 5.41) is 13.2. The van der Waals surface area contributed by atoms with Crippen molar-refractivity contribution in [3.8, 4) is 11.5 Å². The van der Waals surface area contributed by atoms with Gasteiger partial charge < -0.3 is 19.5 Å². The summed E-state index contributed by atoms with van der Waals surface area (Å²) in [7, 11) is 1.54. The topological polar surface area (TPSA) is 76.1 Å². The number of likely N-dealkylation sites (tertiary alicyclic amines) is 1. The predicted octanol–water partition coefficient (Wildman–Crippen LogP) is 5.41. The maximum absolute atomic E-state index is 13.2. The Labute approximate surface area is 203 Å². The molecular formula is C27H27NO5S. The van der Waals surface area contributed by atoms with Crippen molar-refractivity contribution in [2.24, 2.45) is 5.92 Å². The van der Waals surface area contributed by atoms with Crippen LogP contribution in [0.25, 0.3) is 5.76 Å². The number of Topliss-reactive ketones (excluding diaryl/α,β-unsaturated/α-hetero) is 1. The molecule has 2 aromatic carbocycles. The molecule has 0 aliphatic carbocycles. The van der Waals surface area contributed by atoms with Gasteiger partial charge in [-0.05, 0) is 47.7 Å². The highest BCUT2D eigenvalue weighted by molar-refractivity contribution is 7.09. The molecule has 0 saturated carbocycles. The third-order valence-corrected chi connectivity index (χ3v) is 6.45. The molecule has 1 atom stereocenters. The van der Waals surface area contributed by atoms with E-state index in [4.69, 9.17) is 9.47 Å². The number of hydrogen-bond donors (Lipinski definition) is 1. The number of rotatable bonds is 8. The van der Waals surface area contributed by atoms with Crippen LogP contribution < -0.4 is 9.47 Å². The van der Waals surface area contributed by atoms with Crippen molar-refractivity contribution in [2.75, 3.05) is 13.7 Å². The van der Waals surface area contributed by atoms with Crippen LogP contribution in [0.15, 0.2) is 71.6 Å². The fourth-order valence-corrected chi connectivity index (χ4v) is 4.66. The van der Waals surface area contributed by atoms with Gasteiger partial charge in [0.15, 0.2) is 0 Å². The van der Waals surface area contributed by atoms with Crippen LogP contribution in [0.1, 0.15) is 35.9 Å². The van der Waals surface area contributed by atoms with Crippen LogP contribution in [0.5, 0.6) is 11.5 Å². The number of carbonyl (C=O) groups is 2. The van der Waals surface area contributed by atoms with Crippen molar-refractivity contribution in [3.05, 3.63) is 87.6 Å². The van der Waals surface area contributed by atoms with E-state index >= 15 is 0 Å². The number of thiophene rings is 1. The molecular weight excluding hydrogens is 450 g/mol. The molecule has 7 heteroatoms. The Kier molecular flexibility index (Phi) is 7.03. The first-order chi connectivity index (χ1) is 16.4. The molecule has 1 aromatic heterocycles. The van der Waals surface area contributed by atoms with E-state index in [1.54, 1.807) is 37.4 Å². The van der Waals surface area contributed by atoms with Gasteiger partial charge in [-0.2, -0.15) is 0 Å². The van der Waals surface area contributed by atoms with Crippen molar-refractivity contribution in [3.63, 3.8) is 0 Å². The highest BCUT2D eigenvalue weighted by atomic mass is 32.1. The molecule has 176 valence electrons. The fourth-order valence-electron chi connectivity index (χ4n) is 3.96. The molecule has 3 aromatic rings. The van der Waals surface area contributed by atoms with E-state index in [1.165, 1.54) is 16.2 Å². The Morgan fingerprint density at radius 2 is 1.79 bits per heavy atom. The van der Waals surface area contributed by atoms with E-state index in [-0.39, 0.29) is 17.9 Å². The van der Waals surface area contributed by atoms with Gasteiger partial charge >= 0.3 is 0 Å². The molecule has 1 amide bonds. The van der Waals surface area contributed by atoms with Crippen LogP contribution in [0.4, 0.5) is 0 Å². The van der Waals surface area contributed by atoms with E-state index in [2.05, 4.69) is 13.8 Å². The Balaban J connectivity index is 1.79. The highest BCUT2D eigenvalue weighted by Crippen LogP contribution is 2.43. The number of ether oxygens (including phenoxy) is 2. The van der Waals surface area contributed by atoms with Gasteiger partial charge in [-0.15, -0.1) is 11.3 Å². The van der Waals surface area contributed by atoms with Gasteiger partial charge in [0.1, 0.15) is 17.3 Å². The zero-order valence-corrected chi connectivity index (χ0v) is 20.2. The zero-order valence-electron chi connectivity index (χ0n) is 19.4. The van der Waals surface area contributed by atoms with Gasteiger partial charge in [-0.3, -0.25) is 9.59 Å². The van der Waals surface area contributed by atoms with Crippen molar-refractivity contribution < 1.29 is 24.2 Å². The van der Waals surface area contributed by atoms with Crippen LogP contribution in [0, 0.1) is 5.92 Å². The third kappa shape index (κ3) is 4.70. The van der Waals surface area contributed by atoms with Crippen LogP contribution in [-0.2, 0) is 16.1 Å². The number of para-hydroxylation sites is 1. The molecule has 1 N–H and O–H groups in total. The largest absolute Gasteiger partial charge is 0.507 e. The first-order valence-electron chi connectivity index (χ1n) is 11.1. The summed E-state index contributed by atoms with van der Waals surface area (Å²) in [5.41, 5.74) is 1.12. The minimum atomic E-state index is -0.782. The van der Waals surface area contributed by atoms with Crippen molar-refractivity contribution in [1.29, 1.82) is 0 Å². The molecule has 34 heavy (non-hydrogen) atoms. The Morgan fingerprint density at radius 1 is 1.06 bits per heavy atom. The lowest BCUT2D eigenvalue weighted by molar-refractivity contribution is -0.140. The minimum Gasteiger partial charge on any atom is -0.507 e. The summed E-state index contributed by atoms with van der Waals surface area (Å²) in [5.74, 6) is -0.00182. The first kappa shape index (κ1) is 23.6. The van der Waals surface area contributed by atoms with Gasteiger partial charge in [0, 0.05) is 16.0 Å². The molecule has 4 rings (SSSR count). The molecule has 1 fully saturated rings. The molecule has 1 saturated heterocycles. The highest BCUT2D eigenvalue weighted by Gasteiger charge is 2.47. The maximum Gasteiger partial charge on any atom is 0.295 e. The maximum atomic E-state index is 13.2. The SMILES string of the molecule is COc1ccccc1C1/C(=C(/O)c2ccc(OCC(C)C)cc2)C(=O)C(=O)N1Cc1cccs1. The summed E-state index contributed by atoms with van der Waals surface area (Å²) in [6.07, 6.45) is 0. The Hall–Kier alpha value is -3.58. The number of amides is 1. The lowest BCUT2D eigenvalue weighted by atomic mass is 9.94. The van der Waals surface area contributed by atoms with Gasteiger partial charge in [0.05, 0.1) is 31.9 Å². The average molecular weight is 478 g/mol. The second kappa shape index (κ2) is 10.1. The normalized spacial score (nSPS) is 17.4. The van der Waals surface area contributed by atoms with Crippen molar-refractivity contribution in [1.82, 2.24) is 4.90 Å². The zero-order chi connectivity index (χ0) is 24.2. The lowest BCUT2D eigenvalue weighted by Gasteiger charge is -2.26. The second-order valence-corrected chi connectivity index (χ2v) is 9.51. The third-order valence-electron chi connectivity index (χ3n) is 5.59. The molecule has 0 bridgehead atoms. The summed E-state index contributed by atoms with van der Waals surface area (Å²) in [6, 6.07) is 17.1. The van der Waals surface area contributed by atoms with Gasteiger partial charge in [0.2, 0.25) is 0 Å². The molecule has 0 spiro atoms. The van der Waals surface area contributed by atoms with E-state index < -0.39 is 17.7 Å². The minimum absolute atomic E-state index is 0.0434. The van der Waals surface area contributed by atoms with E-state index in [0.717, 1.165) is 4.88 Å². The van der Waals surface area contributed by atoms with Crippen LogP contribution in [-0.4, -0.2) is 35.4 Å². The molecule has 0 radical (unpaired) electrons. The smallest absolute Gasteiger partial charge is 0.295 e. The van der Waals surface area contributed by atoms with E-state index in [0.29, 0.717) is 35.2 Å². The summed E-state index contributed by atoms with van der Waals surface area (Å²) in [4.78, 5) is 28.8. The summed E-state index contributed by atoms with van der Waals surface area (Å²) >= 11 is 1.51. The molecule has 1 unspecified atom stereocenters. The average Bonchev–Trinajstić information content (AvgIpc) is 3.45. The first-order valence-corrected chi connectivity index (χ1v) is 12.0.